The minimum atomic E-state index is 0.359. The summed E-state index contributed by atoms with van der Waals surface area (Å²) in [5.41, 5.74) is 3.83. The smallest absolute Gasteiger partial charge is 0.0428 e. The molecule has 0 heterocycles. The summed E-state index contributed by atoms with van der Waals surface area (Å²) in [6.07, 6.45) is 1.15. The predicted octanol–water partition coefficient (Wildman–Crippen LogP) is 4.91. The molecule has 20 heavy (non-hydrogen) atoms. The standard InChI is InChI=1S/C17H27BrN2/c1-6-10-19-14(5)16-9-8-15(18)11-17(16)20(7-2)12-13(3)4/h8-9,11,14,19H,3,6-7,10,12H2,1-2,4-5H3. The lowest BCUT2D eigenvalue weighted by molar-refractivity contribution is 0.569. The van der Waals surface area contributed by atoms with Gasteiger partial charge in [0.25, 0.3) is 0 Å². The lowest BCUT2D eigenvalue weighted by Crippen LogP contribution is -2.28. The summed E-state index contributed by atoms with van der Waals surface area (Å²) in [7, 11) is 0. The number of hydrogen-bond donors (Lipinski definition) is 1. The first-order chi connectivity index (χ1) is 9.49. The van der Waals surface area contributed by atoms with Crippen molar-refractivity contribution in [2.24, 2.45) is 0 Å². The van der Waals surface area contributed by atoms with Gasteiger partial charge < -0.3 is 10.2 Å². The molecule has 112 valence electrons. The van der Waals surface area contributed by atoms with Crippen molar-refractivity contribution < 1.29 is 0 Å². The fourth-order valence-electron chi connectivity index (χ4n) is 2.32. The molecule has 0 saturated carbocycles. The number of anilines is 1. The topological polar surface area (TPSA) is 15.3 Å². The zero-order chi connectivity index (χ0) is 15.1. The van der Waals surface area contributed by atoms with Crippen LogP contribution in [0.25, 0.3) is 0 Å². The van der Waals surface area contributed by atoms with E-state index in [4.69, 9.17) is 0 Å². The van der Waals surface area contributed by atoms with Crippen LogP contribution in [-0.2, 0) is 0 Å². The van der Waals surface area contributed by atoms with Crippen molar-refractivity contribution in [1.82, 2.24) is 5.32 Å². The van der Waals surface area contributed by atoms with E-state index in [1.807, 2.05) is 0 Å². The van der Waals surface area contributed by atoms with Crippen LogP contribution in [0.3, 0.4) is 0 Å². The van der Waals surface area contributed by atoms with Gasteiger partial charge in [-0.3, -0.25) is 0 Å². The van der Waals surface area contributed by atoms with Gasteiger partial charge in [0.1, 0.15) is 0 Å². The van der Waals surface area contributed by atoms with Gasteiger partial charge in [-0.2, -0.15) is 0 Å². The molecule has 1 rings (SSSR count). The first kappa shape index (κ1) is 17.3. The van der Waals surface area contributed by atoms with Crippen molar-refractivity contribution in [3.63, 3.8) is 0 Å². The summed E-state index contributed by atoms with van der Waals surface area (Å²) in [5.74, 6) is 0. The van der Waals surface area contributed by atoms with Crippen molar-refractivity contribution in [2.45, 2.75) is 40.2 Å². The molecule has 1 aromatic carbocycles. The zero-order valence-electron chi connectivity index (χ0n) is 13.2. The molecule has 0 aliphatic heterocycles. The van der Waals surface area contributed by atoms with Gasteiger partial charge in [-0.15, -0.1) is 0 Å². The predicted molar refractivity (Wildman–Crippen MR) is 93.6 cm³/mol. The average molecular weight is 339 g/mol. The van der Waals surface area contributed by atoms with Gasteiger partial charge in [0.15, 0.2) is 0 Å². The van der Waals surface area contributed by atoms with E-state index in [0.717, 1.165) is 30.5 Å². The van der Waals surface area contributed by atoms with Gasteiger partial charge in [-0.25, -0.2) is 0 Å². The van der Waals surface area contributed by atoms with Crippen LogP contribution in [0.1, 0.15) is 45.7 Å². The third-order valence-electron chi connectivity index (χ3n) is 3.34. The second-order valence-corrected chi connectivity index (χ2v) is 6.27. The maximum atomic E-state index is 4.05. The third-order valence-corrected chi connectivity index (χ3v) is 3.84. The molecule has 2 nitrogen and oxygen atoms in total. The molecular formula is C17H27BrN2. The minimum Gasteiger partial charge on any atom is -0.368 e. The van der Waals surface area contributed by atoms with E-state index >= 15 is 0 Å². The van der Waals surface area contributed by atoms with Gasteiger partial charge in [0, 0.05) is 29.3 Å². The third kappa shape index (κ3) is 4.95. The quantitative estimate of drug-likeness (QED) is 0.677. The Kier molecular flexibility index (Phi) is 7.31. The molecule has 0 radical (unpaired) electrons. The molecule has 1 aromatic rings. The first-order valence-electron chi connectivity index (χ1n) is 7.41. The monoisotopic (exact) mass is 338 g/mol. The van der Waals surface area contributed by atoms with E-state index in [0.29, 0.717) is 6.04 Å². The molecule has 0 fully saturated rings. The Morgan fingerprint density at radius 3 is 2.65 bits per heavy atom. The summed E-state index contributed by atoms with van der Waals surface area (Å²) in [6.45, 7) is 15.7. The molecule has 1 N–H and O–H groups in total. The van der Waals surface area contributed by atoms with Gasteiger partial charge in [0.05, 0.1) is 0 Å². The summed E-state index contributed by atoms with van der Waals surface area (Å²) in [5, 5.41) is 3.58. The summed E-state index contributed by atoms with van der Waals surface area (Å²) < 4.78 is 1.12. The molecule has 1 atom stereocenters. The Morgan fingerprint density at radius 1 is 1.40 bits per heavy atom. The second-order valence-electron chi connectivity index (χ2n) is 5.35. The normalized spacial score (nSPS) is 12.2. The summed E-state index contributed by atoms with van der Waals surface area (Å²) >= 11 is 3.59. The van der Waals surface area contributed by atoms with Crippen LogP contribution < -0.4 is 10.2 Å². The Balaban J connectivity index is 3.07. The van der Waals surface area contributed by atoms with Gasteiger partial charge in [-0.1, -0.05) is 41.1 Å². The summed E-state index contributed by atoms with van der Waals surface area (Å²) in [4.78, 5) is 2.38. The van der Waals surface area contributed by atoms with Crippen LogP contribution in [-0.4, -0.2) is 19.6 Å². The van der Waals surface area contributed by atoms with E-state index in [1.54, 1.807) is 0 Å². The second kappa shape index (κ2) is 8.48. The first-order valence-corrected chi connectivity index (χ1v) is 8.21. The number of nitrogens with zero attached hydrogens (tertiary/aromatic N) is 1. The average Bonchev–Trinajstić information content (AvgIpc) is 2.41. The fourth-order valence-corrected chi connectivity index (χ4v) is 2.67. The Hall–Kier alpha value is -0.800. The molecule has 0 aliphatic rings. The van der Waals surface area contributed by atoms with Gasteiger partial charge >= 0.3 is 0 Å². The Bertz CT molecular complexity index is 443. The number of likely N-dealkylation sites (N-methyl/N-ethyl adjacent to an activating group) is 1. The van der Waals surface area contributed by atoms with E-state index in [2.05, 4.69) is 78.6 Å². The van der Waals surface area contributed by atoms with E-state index in [-0.39, 0.29) is 0 Å². The van der Waals surface area contributed by atoms with E-state index in [9.17, 15) is 0 Å². The van der Waals surface area contributed by atoms with E-state index < -0.39 is 0 Å². The molecule has 0 amide bonds. The molecule has 3 heteroatoms. The molecular weight excluding hydrogens is 312 g/mol. The van der Waals surface area contributed by atoms with Gasteiger partial charge in [-0.05, 0) is 51.4 Å². The molecule has 0 aromatic heterocycles. The van der Waals surface area contributed by atoms with Crippen molar-refractivity contribution in [2.75, 3.05) is 24.5 Å². The molecule has 0 spiro atoms. The highest BCUT2D eigenvalue weighted by Gasteiger charge is 2.15. The zero-order valence-corrected chi connectivity index (χ0v) is 14.8. The molecule has 1 unspecified atom stereocenters. The molecule has 0 bridgehead atoms. The minimum absolute atomic E-state index is 0.359. The highest BCUT2D eigenvalue weighted by atomic mass is 79.9. The van der Waals surface area contributed by atoms with E-state index in [1.165, 1.54) is 16.8 Å². The number of rotatable bonds is 8. The fraction of sp³-hybridized carbons (Fsp3) is 0.529. The van der Waals surface area contributed by atoms with Crippen molar-refractivity contribution in [3.8, 4) is 0 Å². The van der Waals surface area contributed by atoms with Crippen LogP contribution in [0.15, 0.2) is 34.8 Å². The SMILES string of the molecule is C=C(C)CN(CC)c1cc(Br)ccc1C(C)NCCC. The van der Waals surface area contributed by atoms with Crippen LogP contribution in [0.4, 0.5) is 5.69 Å². The number of benzene rings is 1. The van der Waals surface area contributed by atoms with Gasteiger partial charge in [0.2, 0.25) is 0 Å². The number of halogens is 1. The maximum absolute atomic E-state index is 4.05. The van der Waals surface area contributed by atoms with Crippen molar-refractivity contribution in [3.05, 3.63) is 40.4 Å². The van der Waals surface area contributed by atoms with Crippen LogP contribution in [0, 0.1) is 0 Å². The number of hydrogen-bond acceptors (Lipinski definition) is 2. The maximum Gasteiger partial charge on any atom is 0.0428 e. The van der Waals surface area contributed by atoms with Crippen LogP contribution in [0.5, 0.6) is 0 Å². The largest absolute Gasteiger partial charge is 0.368 e. The highest BCUT2D eigenvalue weighted by Crippen LogP contribution is 2.30. The Morgan fingerprint density at radius 2 is 2.10 bits per heavy atom. The van der Waals surface area contributed by atoms with Crippen molar-refractivity contribution >= 4 is 21.6 Å². The highest BCUT2D eigenvalue weighted by molar-refractivity contribution is 9.10. The number of nitrogens with one attached hydrogen (secondary N) is 1. The Labute approximate surface area is 132 Å². The molecule has 0 saturated heterocycles. The lowest BCUT2D eigenvalue weighted by atomic mass is 10.0. The van der Waals surface area contributed by atoms with Crippen LogP contribution >= 0.6 is 15.9 Å². The molecule has 0 aliphatic carbocycles. The van der Waals surface area contributed by atoms with Crippen LogP contribution in [0.2, 0.25) is 0 Å². The summed E-state index contributed by atoms with van der Waals surface area (Å²) in [6, 6.07) is 6.91. The van der Waals surface area contributed by atoms with Crippen molar-refractivity contribution in [1.29, 1.82) is 0 Å². The lowest BCUT2D eigenvalue weighted by Gasteiger charge is -2.28.